The summed E-state index contributed by atoms with van der Waals surface area (Å²) in [5, 5.41) is 0.903. The molecular weight excluding hydrogens is 251 g/mol. The van der Waals surface area contributed by atoms with Crippen molar-refractivity contribution in [3.8, 4) is 0 Å². The summed E-state index contributed by atoms with van der Waals surface area (Å²) in [6.07, 6.45) is 0.160. The molecule has 0 spiro atoms. The van der Waals surface area contributed by atoms with Crippen molar-refractivity contribution in [2.24, 2.45) is 5.84 Å². The Morgan fingerprint density at radius 3 is 2.83 bits per heavy atom. The highest BCUT2D eigenvalue weighted by atomic mass is 32.1. The van der Waals surface area contributed by atoms with Crippen molar-refractivity contribution in [3.05, 3.63) is 35.0 Å². The number of thiophene rings is 1. The smallest absolute Gasteiger partial charge is 0.123 e. The molecule has 3 N–H and O–H groups in total. The molecule has 1 aromatic heterocycles. The van der Waals surface area contributed by atoms with Crippen molar-refractivity contribution in [1.29, 1.82) is 0 Å². The molecule has 0 aliphatic rings. The van der Waals surface area contributed by atoms with E-state index in [0.717, 1.165) is 15.0 Å². The van der Waals surface area contributed by atoms with Gasteiger partial charge in [0.2, 0.25) is 0 Å². The maximum Gasteiger partial charge on any atom is 0.123 e. The van der Waals surface area contributed by atoms with E-state index in [1.807, 2.05) is 19.9 Å². The summed E-state index contributed by atoms with van der Waals surface area (Å²) in [6, 6.07) is 6.69. The van der Waals surface area contributed by atoms with Crippen molar-refractivity contribution in [2.45, 2.75) is 26.0 Å². The molecule has 0 aliphatic heterocycles. The van der Waals surface area contributed by atoms with Gasteiger partial charge in [0.25, 0.3) is 0 Å². The lowest BCUT2D eigenvalue weighted by atomic mass is 10.2. The summed E-state index contributed by atoms with van der Waals surface area (Å²) >= 11 is 1.60. The van der Waals surface area contributed by atoms with Crippen LogP contribution in [0.25, 0.3) is 10.1 Å². The van der Waals surface area contributed by atoms with Crippen molar-refractivity contribution in [3.63, 3.8) is 0 Å². The van der Waals surface area contributed by atoms with Gasteiger partial charge in [-0.2, -0.15) is 0 Å². The van der Waals surface area contributed by atoms with Gasteiger partial charge in [0.15, 0.2) is 0 Å². The molecule has 1 heterocycles. The number of fused-ring (bicyclic) bond motifs is 1. The number of ether oxygens (including phenoxy) is 1. The first kappa shape index (κ1) is 13.4. The van der Waals surface area contributed by atoms with E-state index in [4.69, 9.17) is 10.6 Å². The van der Waals surface area contributed by atoms with E-state index >= 15 is 0 Å². The molecule has 3 nitrogen and oxygen atoms in total. The molecule has 0 aliphatic carbocycles. The number of rotatable bonds is 5. The first-order chi connectivity index (χ1) is 8.60. The molecule has 0 fully saturated rings. The summed E-state index contributed by atoms with van der Waals surface area (Å²) in [6.45, 7) is 4.46. The molecule has 0 radical (unpaired) electrons. The van der Waals surface area contributed by atoms with E-state index in [9.17, 15) is 4.39 Å². The van der Waals surface area contributed by atoms with Gasteiger partial charge in [-0.1, -0.05) is 0 Å². The second kappa shape index (κ2) is 5.75. The van der Waals surface area contributed by atoms with Crippen LogP contribution >= 0.6 is 11.3 Å². The summed E-state index contributed by atoms with van der Waals surface area (Å²) in [4.78, 5) is 1.05. The van der Waals surface area contributed by atoms with Crippen molar-refractivity contribution in [2.75, 3.05) is 6.61 Å². The van der Waals surface area contributed by atoms with E-state index in [0.29, 0.717) is 6.61 Å². The van der Waals surface area contributed by atoms with Gasteiger partial charge in [-0.05, 0) is 43.5 Å². The predicted octanol–water partition coefficient (Wildman–Crippen LogP) is 2.97. The molecule has 0 bridgehead atoms. The fourth-order valence-electron chi connectivity index (χ4n) is 1.71. The van der Waals surface area contributed by atoms with Crippen LogP contribution in [0.1, 0.15) is 24.8 Å². The Morgan fingerprint density at radius 1 is 1.39 bits per heavy atom. The van der Waals surface area contributed by atoms with Crippen LogP contribution in [0.5, 0.6) is 0 Å². The van der Waals surface area contributed by atoms with Gasteiger partial charge in [-0.3, -0.25) is 5.84 Å². The monoisotopic (exact) mass is 268 g/mol. The SMILES string of the molecule is CC(C)OCC(NN)c1cc2cc(F)ccc2s1. The van der Waals surface area contributed by atoms with Gasteiger partial charge in [0.05, 0.1) is 18.8 Å². The van der Waals surface area contributed by atoms with E-state index in [-0.39, 0.29) is 18.0 Å². The summed E-state index contributed by atoms with van der Waals surface area (Å²) in [5.41, 5.74) is 2.74. The van der Waals surface area contributed by atoms with Gasteiger partial charge in [-0.25, -0.2) is 9.82 Å². The fourth-order valence-corrected chi connectivity index (χ4v) is 2.80. The van der Waals surface area contributed by atoms with Gasteiger partial charge in [0.1, 0.15) is 5.82 Å². The van der Waals surface area contributed by atoms with Crippen LogP contribution in [0.3, 0.4) is 0 Å². The number of hydrogen-bond donors (Lipinski definition) is 2. The van der Waals surface area contributed by atoms with Gasteiger partial charge >= 0.3 is 0 Å². The third kappa shape index (κ3) is 3.05. The van der Waals surface area contributed by atoms with Crippen LogP contribution in [0, 0.1) is 5.82 Å². The number of hydrogen-bond acceptors (Lipinski definition) is 4. The van der Waals surface area contributed by atoms with Crippen molar-refractivity contribution in [1.82, 2.24) is 5.43 Å². The maximum atomic E-state index is 13.1. The molecule has 2 aromatic rings. The largest absolute Gasteiger partial charge is 0.377 e. The summed E-state index contributed by atoms with van der Waals surface area (Å²) < 4.78 is 19.7. The molecule has 1 aromatic carbocycles. The van der Waals surface area contributed by atoms with Crippen LogP contribution < -0.4 is 11.3 Å². The normalized spacial score (nSPS) is 13.4. The minimum Gasteiger partial charge on any atom is -0.377 e. The first-order valence-corrected chi connectivity index (χ1v) is 6.68. The van der Waals surface area contributed by atoms with E-state index < -0.39 is 0 Å². The lowest BCUT2D eigenvalue weighted by molar-refractivity contribution is 0.0618. The van der Waals surface area contributed by atoms with Crippen LogP contribution in [-0.4, -0.2) is 12.7 Å². The Bertz CT molecular complexity index is 527. The van der Waals surface area contributed by atoms with Crippen LogP contribution in [-0.2, 0) is 4.74 Å². The van der Waals surface area contributed by atoms with Crippen LogP contribution in [0.4, 0.5) is 4.39 Å². The number of benzene rings is 1. The van der Waals surface area contributed by atoms with Gasteiger partial charge in [0, 0.05) is 9.58 Å². The maximum absolute atomic E-state index is 13.1. The predicted molar refractivity (Wildman–Crippen MR) is 72.9 cm³/mol. The van der Waals surface area contributed by atoms with E-state index in [1.165, 1.54) is 12.1 Å². The zero-order valence-corrected chi connectivity index (χ0v) is 11.3. The molecule has 98 valence electrons. The van der Waals surface area contributed by atoms with Gasteiger partial charge < -0.3 is 4.74 Å². The van der Waals surface area contributed by atoms with Crippen LogP contribution in [0.2, 0.25) is 0 Å². The number of nitrogens with one attached hydrogen (secondary N) is 1. The lowest BCUT2D eigenvalue weighted by Gasteiger charge is -2.16. The molecule has 0 amide bonds. The molecular formula is C13H17FN2OS. The Kier molecular flexibility index (Phi) is 4.29. The molecule has 0 saturated carbocycles. The topological polar surface area (TPSA) is 47.3 Å². The highest BCUT2D eigenvalue weighted by Crippen LogP contribution is 2.30. The van der Waals surface area contributed by atoms with E-state index in [1.54, 1.807) is 17.4 Å². The summed E-state index contributed by atoms with van der Waals surface area (Å²) in [7, 11) is 0. The van der Waals surface area contributed by atoms with Crippen molar-refractivity contribution >= 4 is 21.4 Å². The second-order valence-electron chi connectivity index (χ2n) is 4.43. The van der Waals surface area contributed by atoms with E-state index in [2.05, 4.69) is 5.43 Å². The average Bonchev–Trinajstić information content (AvgIpc) is 2.72. The molecule has 18 heavy (non-hydrogen) atoms. The van der Waals surface area contributed by atoms with Crippen molar-refractivity contribution < 1.29 is 9.13 Å². The Balaban J connectivity index is 2.22. The quantitative estimate of drug-likeness (QED) is 0.647. The Labute approximate surface area is 110 Å². The molecule has 1 atom stereocenters. The number of hydrazine groups is 1. The highest BCUT2D eigenvalue weighted by molar-refractivity contribution is 7.19. The first-order valence-electron chi connectivity index (χ1n) is 5.87. The molecule has 2 rings (SSSR count). The zero-order valence-electron chi connectivity index (χ0n) is 10.4. The highest BCUT2D eigenvalue weighted by Gasteiger charge is 2.14. The Hall–Kier alpha value is -1.01. The average molecular weight is 268 g/mol. The van der Waals surface area contributed by atoms with Crippen LogP contribution in [0.15, 0.2) is 24.3 Å². The Morgan fingerprint density at radius 2 is 2.17 bits per heavy atom. The fraction of sp³-hybridized carbons (Fsp3) is 0.385. The second-order valence-corrected chi connectivity index (χ2v) is 5.55. The third-order valence-electron chi connectivity index (χ3n) is 2.64. The zero-order chi connectivity index (χ0) is 13.1. The molecule has 5 heteroatoms. The molecule has 1 unspecified atom stereocenters. The molecule has 0 saturated heterocycles. The van der Waals surface area contributed by atoms with Gasteiger partial charge in [-0.15, -0.1) is 11.3 Å². The number of halogens is 1. The summed E-state index contributed by atoms with van der Waals surface area (Å²) in [5.74, 6) is 5.33. The lowest BCUT2D eigenvalue weighted by Crippen LogP contribution is -2.31. The minimum atomic E-state index is -0.220. The number of nitrogens with two attached hydrogens (primary N) is 1. The minimum absolute atomic E-state index is 0.0622. The standard InChI is InChI=1S/C13H17FN2OS/c1-8(2)17-7-11(16-15)13-6-9-5-10(14)3-4-12(9)18-13/h3-6,8,11,16H,7,15H2,1-2H3. The third-order valence-corrected chi connectivity index (χ3v) is 3.87.